The lowest BCUT2D eigenvalue weighted by Crippen LogP contribution is -2.37. The van der Waals surface area contributed by atoms with Gasteiger partial charge in [0, 0.05) is 11.9 Å². The van der Waals surface area contributed by atoms with Crippen LogP contribution < -0.4 is 0 Å². The van der Waals surface area contributed by atoms with E-state index in [2.05, 4.69) is 0 Å². The first-order valence-corrected chi connectivity index (χ1v) is 6.91. The third-order valence-corrected chi connectivity index (χ3v) is 4.63. The van der Waals surface area contributed by atoms with Gasteiger partial charge in [0.25, 0.3) is 5.91 Å². The van der Waals surface area contributed by atoms with Gasteiger partial charge in [-0.2, -0.15) is 0 Å². The molecular formula is C15H13NO2S. The summed E-state index contributed by atoms with van der Waals surface area (Å²) in [5.74, 6) is -0.0911. The Morgan fingerprint density at radius 3 is 2.42 bits per heavy atom. The van der Waals surface area contributed by atoms with E-state index in [1.54, 1.807) is 14.0 Å². The minimum atomic E-state index is -0.395. The van der Waals surface area contributed by atoms with E-state index < -0.39 is 6.04 Å². The highest BCUT2D eigenvalue weighted by Crippen LogP contribution is 2.33. The summed E-state index contributed by atoms with van der Waals surface area (Å²) in [5, 5.41) is 2.07. The summed E-state index contributed by atoms with van der Waals surface area (Å²) in [6.45, 7) is 1.76. The monoisotopic (exact) mass is 271 g/mol. The van der Waals surface area contributed by atoms with Crippen LogP contribution in [-0.4, -0.2) is 29.0 Å². The molecule has 0 radical (unpaired) electrons. The van der Waals surface area contributed by atoms with E-state index in [4.69, 9.17) is 0 Å². The maximum Gasteiger partial charge on any atom is 0.255 e. The Hall–Kier alpha value is -1.81. The highest BCUT2D eigenvalue weighted by Gasteiger charge is 2.30. The molecule has 1 unspecified atom stereocenters. The van der Waals surface area contributed by atoms with E-state index in [-0.39, 0.29) is 11.0 Å². The van der Waals surface area contributed by atoms with Crippen molar-refractivity contribution in [2.24, 2.45) is 0 Å². The first kappa shape index (κ1) is 12.2. The van der Waals surface area contributed by atoms with E-state index >= 15 is 0 Å². The second-order valence-electron chi connectivity index (χ2n) is 4.71. The Kier molecular flexibility index (Phi) is 2.82. The highest BCUT2D eigenvalue weighted by molar-refractivity contribution is 8.13. The molecule has 1 heterocycles. The fourth-order valence-electron chi connectivity index (χ4n) is 2.19. The van der Waals surface area contributed by atoms with E-state index in [1.807, 2.05) is 36.4 Å². The summed E-state index contributed by atoms with van der Waals surface area (Å²) < 4.78 is 0. The van der Waals surface area contributed by atoms with Crippen molar-refractivity contribution in [2.45, 2.75) is 17.9 Å². The first-order valence-electron chi connectivity index (χ1n) is 6.09. The summed E-state index contributed by atoms with van der Waals surface area (Å²) in [6.07, 6.45) is 0. The normalized spacial score (nSPS) is 19.5. The number of benzene rings is 2. The number of rotatable bonds is 0. The Labute approximate surface area is 115 Å². The zero-order valence-corrected chi connectivity index (χ0v) is 11.5. The largest absolute Gasteiger partial charge is 0.331 e. The van der Waals surface area contributed by atoms with Gasteiger partial charge in [0.1, 0.15) is 0 Å². The van der Waals surface area contributed by atoms with Crippen molar-refractivity contribution >= 4 is 33.6 Å². The van der Waals surface area contributed by atoms with Crippen LogP contribution in [0.2, 0.25) is 0 Å². The van der Waals surface area contributed by atoms with Crippen LogP contribution in [0.5, 0.6) is 0 Å². The number of fused-ring (bicyclic) bond motifs is 2. The predicted molar refractivity (Wildman–Crippen MR) is 76.4 cm³/mol. The Morgan fingerprint density at radius 2 is 1.74 bits per heavy atom. The molecule has 2 aromatic carbocycles. The van der Waals surface area contributed by atoms with Gasteiger partial charge in [0.05, 0.1) is 11.6 Å². The lowest BCUT2D eigenvalue weighted by atomic mass is 10.1. The van der Waals surface area contributed by atoms with Crippen molar-refractivity contribution in [3.05, 3.63) is 42.0 Å². The zero-order valence-electron chi connectivity index (χ0n) is 10.7. The molecule has 0 fully saturated rings. The number of hydrogen-bond donors (Lipinski definition) is 0. The second-order valence-corrected chi connectivity index (χ2v) is 5.75. The molecule has 1 atom stereocenters. The van der Waals surface area contributed by atoms with Gasteiger partial charge >= 0.3 is 0 Å². The number of nitrogens with zero attached hydrogens (tertiary/aromatic N) is 1. The highest BCUT2D eigenvalue weighted by atomic mass is 32.2. The van der Waals surface area contributed by atoms with Gasteiger partial charge in [-0.05, 0) is 41.6 Å². The van der Waals surface area contributed by atoms with Gasteiger partial charge in [-0.15, -0.1) is 0 Å². The number of amides is 1. The quantitative estimate of drug-likeness (QED) is 0.739. The van der Waals surface area contributed by atoms with Gasteiger partial charge in [-0.25, -0.2) is 0 Å². The molecule has 3 rings (SSSR count). The molecule has 0 aromatic heterocycles. The van der Waals surface area contributed by atoms with E-state index in [1.165, 1.54) is 4.90 Å². The number of likely N-dealkylation sites (N-methyl/N-ethyl adjacent to an activating group) is 1. The molecule has 3 nitrogen and oxygen atoms in total. The van der Waals surface area contributed by atoms with Crippen LogP contribution in [0, 0.1) is 0 Å². The molecule has 0 spiro atoms. The molecule has 2 aromatic rings. The maximum atomic E-state index is 12.4. The van der Waals surface area contributed by atoms with Crippen molar-refractivity contribution in [1.82, 2.24) is 4.90 Å². The number of carbonyl (C=O) groups excluding carboxylic acids is 2. The van der Waals surface area contributed by atoms with Crippen LogP contribution in [0.4, 0.5) is 0 Å². The summed E-state index contributed by atoms with van der Waals surface area (Å²) in [6, 6.07) is 11.3. The average Bonchev–Trinajstić information content (AvgIpc) is 2.50. The molecule has 0 saturated heterocycles. The molecule has 19 heavy (non-hydrogen) atoms. The van der Waals surface area contributed by atoms with Crippen LogP contribution in [0.25, 0.3) is 10.8 Å². The SMILES string of the molecule is CC1C(=O)Sc2cc3ccccc3cc2C(=O)N1C. The molecule has 0 bridgehead atoms. The van der Waals surface area contributed by atoms with Crippen LogP contribution in [0.3, 0.4) is 0 Å². The van der Waals surface area contributed by atoms with Gasteiger partial charge in [0.2, 0.25) is 5.12 Å². The summed E-state index contributed by atoms with van der Waals surface area (Å²) in [7, 11) is 1.68. The molecule has 4 heteroatoms. The van der Waals surface area contributed by atoms with Crippen LogP contribution in [0.15, 0.2) is 41.3 Å². The molecule has 0 N–H and O–H groups in total. The summed E-state index contributed by atoms with van der Waals surface area (Å²) in [5.41, 5.74) is 0.615. The molecule has 1 aliphatic heterocycles. The van der Waals surface area contributed by atoms with Crippen LogP contribution in [0.1, 0.15) is 17.3 Å². The average molecular weight is 271 g/mol. The maximum absolute atomic E-state index is 12.4. The third kappa shape index (κ3) is 1.92. The van der Waals surface area contributed by atoms with Gasteiger partial charge < -0.3 is 4.90 Å². The van der Waals surface area contributed by atoms with Crippen molar-refractivity contribution < 1.29 is 9.59 Å². The predicted octanol–water partition coefficient (Wildman–Crippen LogP) is 2.93. The van der Waals surface area contributed by atoms with E-state index in [0.29, 0.717) is 5.56 Å². The molecule has 96 valence electrons. The Balaban J connectivity index is 2.25. The van der Waals surface area contributed by atoms with Crippen LogP contribution >= 0.6 is 11.8 Å². The van der Waals surface area contributed by atoms with Crippen molar-refractivity contribution in [3.8, 4) is 0 Å². The number of hydrogen-bond acceptors (Lipinski definition) is 3. The smallest absolute Gasteiger partial charge is 0.255 e. The molecule has 0 aliphatic carbocycles. The first-order chi connectivity index (χ1) is 9.08. The lowest BCUT2D eigenvalue weighted by Gasteiger charge is -2.20. The lowest BCUT2D eigenvalue weighted by molar-refractivity contribution is -0.114. The van der Waals surface area contributed by atoms with E-state index in [0.717, 1.165) is 27.4 Å². The number of carbonyl (C=O) groups is 2. The fraction of sp³-hybridized carbons (Fsp3) is 0.200. The fourth-order valence-corrected chi connectivity index (χ4v) is 3.18. The minimum absolute atomic E-state index is 0.00452. The molecular weight excluding hydrogens is 258 g/mol. The van der Waals surface area contributed by atoms with Crippen LogP contribution in [-0.2, 0) is 4.79 Å². The van der Waals surface area contributed by atoms with Gasteiger partial charge in [-0.3, -0.25) is 9.59 Å². The van der Waals surface area contributed by atoms with E-state index in [9.17, 15) is 9.59 Å². The Morgan fingerprint density at radius 1 is 1.11 bits per heavy atom. The Bertz CT molecular complexity index is 696. The van der Waals surface area contributed by atoms with Gasteiger partial charge in [-0.1, -0.05) is 24.3 Å². The molecule has 0 saturated carbocycles. The van der Waals surface area contributed by atoms with Crippen molar-refractivity contribution in [1.29, 1.82) is 0 Å². The molecule has 1 aliphatic rings. The topological polar surface area (TPSA) is 37.4 Å². The zero-order chi connectivity index (χ0) is 13.6. The minimum Gasteiger partial charge on any atom is -0.331 e. The molecule has 1 amide bonds. The summed E-state index contributed by atoms with van der Waals surface area (Å²) in [4.78, 5) is 26.7. The van der Waals surface area contributed by atoms with Crippen molar-refractivity contribution in [3.63, 3.8) is 0 Å². The standard InChI is InChI=1S/C15H13NO2S/c1-9-15(18)19-13-8-11-6-4-3-5-10(11)7-12(13)14(17)16(9)2/h3-9H,1-2H3. The van der Waals surface area contributed by atoms with Gasteiger partial charge in [0.15, 0.2) is 0 Å². The summed E-state index contributed by atoms with van der Waals surface area (Å²) >= 11 is 1.16. The number of thioether (sulfide) groups is 1. The van der Waals surface area contributed by atoms with Crippen molar-refractivity contribution in [2.75, 3.05) is 7.05 Å². The third-order valence-electron chi connectivity index (χ3n) is 3.53. The second kappa shape index (κ2) is 4.38.